The van der Waals surface area contributed by atoms with Crippen LogP contribution in [0.4, 0.5) is 0 Å². The lowest BCUT2D eigenvalue weighted by molar-refractivity contribution is 0.648. The third-order valence-corrected chi connectivity index (χ3v) is 2.49. The van der Waals surface area contributed by atoms with Gasteiger partial charge in [-0.05, 0) is 31.5 Å². The van der Waals surface area contributed by atoms with E-state index in [2.05, 4.69) is 15.0 Å². The molecular formula is C13H16N4. The van der Waals surface area contributed by atoms with Crippen LogP contribution >= 0.6 is 0 Å². The first-order valence-electron chi connectivity index (χ1n) is 5.73. The van der Waals surface area contributed by atoms with E-state index in [-0.39, 0.29) is 6.04 Å². The van der Waals surface area contributed by atoms with Gasteiger partial charge in [0.1, 0.15) is 5.82 Å². The van der Waals surface area contributed by atoms with Gasteiger partial charge in [-0.2, -0.15) is 0 Å². The first-order valence-corrected chi connectivity index (χ1v) is 5.73. The van der Waals surface area contributed by atoms with Crippen LogP contribution in [0, 0.1) is 0 Å². The number of pyridine rings is 1. The van der Waals surface area contributed by atoms with Gasteiger partial charge in [-0.1, -0.05) is 0 Å². The van der Waals surface area contributed by atoms with Gasteiger partial charge in [0.05, 0.1) is 5.69 Å². The Bertz CT molecular complexity index is 468. The van der Waals surface area contributed by atoms with Gasteiger partial charge in [-0.3, -0.25) is 4.98 Å². The summed E-state index contributed by atoms with van der Waals surface area (Å²) in [5.74, 6) is 0.837. The van der Waals surface area contributed by atoms with Gasteiger partial charge in [-0.25, -0.2) is 9.97 Å². The lowest BCUT2D eigenvalue weighted by Gasteiger charge is -2.05. The van der Waals surface area contributed by atoms with Crippen molar-refractivity contribution < 1.29 is 0 Å². The SMILES string of the molecule is CC(N)CCc1nccc(-c2cccnc2)n1. The second-order valence-electron chi connectivity index (χ2n) is 4.12. The lowest BCUT2D eigenvalue weighted by atomic mass is 10.1. The van der Waals surface area contributed by atoms with E-state index in [1.54, 1.807) is 18.6 Å². The van der Waals surface area contributed by atoms with Crippen LogP contribution < -0.4 is 5.73 Å². The molecule has 0 radical (unpaired) electrons. The van der Waals surface area contributed by atoms with Gasteiger partial charge >= 0.3 is 0 Å². The maximum absolute atomic E-state index is 5.72. The summed E-state index contributed by atoms with van der Waals surface area (Å²) >= 11 is 0. The average molecular weight is 228 g/mol. The molecule has 2 rings (SSSR count). The third kappa shape index (κ3) is 3.32. The van der Waals surface area contributed by atoms with Gasteiger partial charge in [-0.15, -0.1) is 0 Å². The molecule has 0 amide bonds. The number of hydrogen-bond acceptors (Lipinski definition) is 4. The van der Waals surface area contributed by atoms with Crippen molar-refractivity contribution in [1.29, 1.82) is 0 Å². The molecule has 0 spiro atoms. The molecule has 0 aromatic carbocycles. The van der Waals surface area contributed by atoms with E-state index in [1.165, 1.54) is 0 Å². The Morgan fingerprint density at radius 1 is 1.29 bits per heavy atom. The molecule has 2 heterocycles. The van der Waals surface area contributed by atoms with Gasteiger partial charge in [0.25, 0.3) is 0 Å². The van der Waals surface area contributed by atoms with Crippen LogP contribution in [0.25, 0.3) is 11.3 Å². The minimum atomic E-state index is 0.181. The fraction of sp³-hybridized carbons (Fsp3) is 0.308. The summed E-state index contributed by atoms with van der Waals surface area (Å²) in [5.41, 5.74) is 7.64. The van der Waals surface area contributed by atoms with Crippen LogP contribution in [0.5, 0.6) is 0 Å². The molecule has 4 heteroatoms. The van der Waals surface area contributed by atoms with E-state index < -0.39 is 0 Å². The van der Waals surface area contributed by atoms with E-state index in [0.717, 1.165) is 29.9 Å². The molecule has 2 aromatic heterocycles. The third-order valence-electron chi connectivity index (χ3n) is 2.49. The van der Waals surface area contributed by atoms with Crippen LogP contribution in [0.1, 0.15) is 19.2 Å². The zero-order valence-corrected chi connectivity index (χ0v) is 9.87. The van der Waals surface area contributed by atoms with Crippen molar-refractivity contribution in [3.8, 4) is 11.3 Å². The highest BCUT2D eigenvalue weighted by molar-refractivity contribution is 5.56. The van der Waals surface area contributed by atoms with Crippen molar-refractivity contribution >= 4 is 0 Å². The van der Waals surface area contributed by atoms with Crippen LogP contribution in [0.15, 0.2) is 36.8 Å². The van der Waals surface area contributed by atoms with Crippen molar-refractivity contribution in [2.75, 3.05) is 0 Å². The van der Waals surface area contributed by atoms with Crippen LogP contribution in [-0.2, 0) is 6.42 Å². The Hall–Kier alpha value is -1.81. The molecule has 88 valence electrons. The Morgan fingerprint density at radius 2 is 2.18 bits per heavy atom. The normalized spacial score (nSPS) is 12.4. The van der Waals surface area contributed by atoms with Crippen LogP contribution in [0.3, 0.4) is 0 Å². The largest absolute Gasteiger partial charge is 0.328 e. The standard InChI is InChI=1S/C13H16N4/c1-10(14)4-5-13-16-8-6-12(17-13)11-3-2-7-15-9-11/h2-3,6-10H,4-5,14H2,1H3. The van der Waals surface area contributed by atoms with Gasteiger partial charge in [0, 0.05) is 36.6 Å². The van der Waals surface area contributed by atoms with Crippen molar-refractivity contribution in [2.24, 2.45) is 5.73 Å². The van der Waals surface area contributed by atoms with Crippen molar-refractivity contribution in [1.82, 2.24) is 15.0 Å². The molecule has 4 nitrogen and oxygen atoms in total. The fourth-order valence-electron chi connectivity index (χ4n) is 1.55. The lowest BCUT2D eigenvalue weighted by Crippen LogP contribution is -2.16. The number of aryl methyl sites for hydroxylation is 1. The van der Waals surface area contributed by atoms with E-state index >= 15 is 0 Å². The quantitative estimate of drug-likeness (QED) is 0.866. The van der Waals surface area contributed by atoms with Crippen molar-refractivity contribution in [3.63, 3.8) is 0 Å². The Morgan fingerprint density at radius 3 is 2.88 bits per heavy atom. The molecule has 0 aliphatic rings. The number of nitrogens with zero attached hydrogens (tertiary/aromatic N) is 3. The molecule has 2 N–H and O–H groups in total. The molecule has 1 unspecified atom stereocenters. The molecule has 17 heavy (non-hydrogen) atoms. The molecule has 0 aliphatic heterocycles. The van der Waals surface area contributed by atoms with E-state index in [1.807, 2.05) is 25.1 Å². The summed E-state index contributed by atoms with van der Waals surface area (Å²) in [4.78, 5) is 12.8. The highest BCUT2D eigenvalue weighted by Gasteiger charge is 2.03. The second-order valence-corrected chi connectivity index (χ2v) is 4.12. The molecule has 0 aliphatic carbocycles. The summed E-state index contributed by atoms with van der Waals surface area (Å²) in [6, 6.07) is 5.97. The molecule has 0 fully saturated rings. The predicted octanol–water partition coefficient (Wildman–Crippen LogP) is 1.82. The first-order chi connectivity index (χ1) is 8.25. The minimum Gasteiger partial charge on any atom is -0.328 e. The molecule has 1 atom stereocenters. The maximum Gasteiger partial charge on any atom is 0.129 e. The molecule has 2 aromatic rings. The van der Waals surface area contributed by atoms with Gasteiger partial charge in [0.2, 0.25) is 0 Å². The van der Waals surface area contributed by atoms with Crippen LogP contribution in [0.2, 0.25) is 0 Å². The highest BCUT2D eigenvalue weighted by atomic mass is 14.9. The predicted molar refractivity (Wildman–Crippen MR) is 67.2 cm³/mol. The number of hydrogen-bond donors (Lipinski definition) is 1. The molecule has 0 saturated carbocycles. The molecule has 0 bridgehead atoms. The minimum absolute atomic E-state index is 0.181. The van der Waals surface area contributed by atoms with Crippen LogP contribution in [-0.4, -0.2) is 21.0 Å². The monoisotopic (exact) mass is 228 g/mol. The number of aromatic nitrogens is 3. The van der Waals surface area contributed by atoms with E-state index in [4.69, 9.17) is 5.73 Å². The Balaban J connectivity index is 2.17. The zero-order chi connectivity index (χ0) is 12.1. The Kier molecular flexibility index (Phi) is 3.77. The summed E-state index contributed by atoms with van der Waals surface area (Å²) < 4.78 is 0. The highest BCUT2D eigenvalue weighted by Crippen LogP contribution is 2.14. The zero-order valence-electron chi connectivity index (χ0n) is 9.87. The summed E-state index contributed by atoms with van der Waals surface area (Å²) in [6.07, 6.45) is 7.05. The summed E-state index contributed by atoms with van der Waals surface area (Å²) in [6.45, 7) is 1.99. The molecule has 0 saturated heterocycles. The molecular weight excluding hydrogens is 212 g/mol. The number of nitrogens with two attached hydrogens (primary N) is 1. The van der Waals surface area contributed by atoms with Crippen molar-refractivity contribution in [3.05, 3.63) is 42.6 Å². The average Bonchev–Trinajstić information content (AvgIpc) is 2.38. The first kappa shape index (κ1) is 11.7. The topological polar surface area (TPSA) is 64.7 Å². The number of rotatable bonds is 4. The second kappa shape index (κ2) is 5.50. The Labute approximate surface area is 101 Å². The van der Waals surface area contributed by atoms with Gasteiger partial charge in [0.15, 0.2) is 0 Å². The smallest absolute Gasteiger partial charge is 0.129 e. The maximum atomic E-state index is 5.72. The van der Waals surface area contributed by atoms with Crippen molar-refractivity contribution in [2.45, 2.75) is 25.8 Å². The van der Waals surface area contributed by atoms with Gasteiger partial charge < -0.3 is 5.73 Å². The fourth-order valence-corrected chi connectivity index (χ4v) is 1.55. The summed E-state index contributed by atoms with van der Waals surface area (Å²) in [5, 5.41) is 0. The van der Waals surface area contributed by atoms with E-state index in [9.17, 15) is 0 Å². The van der Waals surface area contributed by atoms with E-state index in [0.29, 0.717) is 0 Å². The summed E-state index contributed by atoms with van der Waals surface area (Å²) in [7, 11) is 0.